The first kappa shape index (κ1) is 24.7. The van der Waals surface area contributed by atoms with E-state index >= 15 is 0 Å². The van der Waals surface area contributed by atoms with Crippen molar-refractivity contribution in [3.8, 4) is 5.75 Å². The smallest absolute Gasteiger partial charge is 0.281 e. The lowest BCUT2D eigenvalue weighted by Gasteiger charge is -2.54. The molecular formula is C28H32ClN3O5S. The van der Waals surface area contributed by atoms with E-state index in [0.717, 1.165) is 31.2 Å². The zero-order chi connectivity index (χ0) is 26.1. The Morgan fingerprint density at radius 3 is 2.47 bits per heavy atom. The average molecular weight is 558 g/mol. The van der Waals surface area contributed by atoms with E-state index in [1.54, 1.807) is 18.2 Å². The van der Waals surface area contributed by atoms with Crippen LogP contribution in [0.1, 0.15) is 69.3 Å². The first-order chi connectivity index (χ1) is 18.2. The van der Waals surface area contributed by atoms with Gasteiger partial charge in [-0.25, -0.2) is 9.71 Å². The number of anilines is 1. The third kappa shape index (κ3) is 4.36. The van der Waals surface area contributed by atoms with Crippen molar-refractivity contribution in [3.63, 3.8) is 0 Å². The molecular weight excluding hydrogens is 526 g/mol. The van der Waals surface area contributed by atoms with E-state index in [1.165, 1.54) is 25.3 Å². The lowest BCUT2D eigenvalue weighted by Crippen LogP contribution is -2.45. The van der Waals surface area contributed by atoms with Gasteiger partial charge < -0.3 is 14.4 Å². The Bertz CT molecular complexity index is 1370. The summed E-state index contributed by atoms with van der Waals surface area (Å²) >= 11 is 6.30. The van der Waals surface area contributed by atoms with Gasteiger partial charge in [-0.15, -0.1) is 0 Å². The maximum atomic E-state index is 13.3. The van der Waals surface area contributed by atoms with E-state index in [9.17, 15) is 13.2 Å². The summed E-state index contributed by atoms with van der Waals surface area (Å²) in [6.07, 6.45) is 9.35. The second-order valence-electron chi connectivity index (χ2n) is 11.9. The number of pyridine rings is 1. The molecule has 1 aromatic heterocycles. The maximum Gasteiger partial charge on any atom is 0.281 e. The molecule has 2 atom stereocenters. The van der Waals surface area contributed by atoms with Crippen LogP contribution in [-0.2, 0) is 19.6 Å². The molecule has 2 unspecified atom stereocenters. The lowest BCUT2D eigenvalue weighted by atomic mass is 9.50. The number of ether oxygens (including phenoxy) is 2. The highest BCUT2D eigenvalue weighted by molar-refractivity contribution is 7.90. The molecule has 5 fully saturated rings. The Balaban J connectivity index is 1.07. The van der Waals surface area contributed by atoms with Crippen LogP contribution in [0.4, 0.5) is 5.82 Å². The van der Waals surface area contributed by atoms with E-state index in [2.05, 4.69) is 14.6 Å². The van der Waals surface area contributed by atoms with E-state index < -0.39 is 21.5 Å². The first-order valence-corrected chi connectivity index (χ1v) is 15.5. The molecule has 0 radical (unpaired) electrons. The van der Waals surface area contributed by atoms with E-state index in [-0.39, 0.29) is 17.2 Å². The topological polar surface area (TPSA) is 97.8 Å². The van der Waals surface area contributed by atoms with Gasteiger partial charge in [0.15, 0.2) is 10.6 Å². The van der Waals surface area contributed by atoms with Crippen LogP contribution in [0, 0.1) is 5.41 Å². The molecule has 7 rings (SSSR count). The number of carbonyl (C=O) groups is 1. The summed E-state index contributed by atoms with van der Waals surface area (Å²) in [4.78, 5) is 19.8. The SMILES string of the molecule is O=C(NS(=O)(=O)c1cccc(N2CC3CCC(C2)O3)n1)C1(Oc2cc(Cl)ccc2C2CC3(CCC3)C2)CC1. The minimum absolute atomic E-state index is 0.151. The standard InChI is InChI=1S/C28H32ClN3O5S/c29-19-5-8-22(18-14-27(15-18)9-2-10-27)23(13-19)37-28(11-12-28)26(33)31-38(34,35)25-4-1-3-24(30-25)32-16-20-6-7-21(17-32)36-20/h1,3-5,8,13,18,20-21H,2,6-7,9-12,14-17H2,(H,31,33). The highest BCUT2D eigenvalue weighted by atomic mass is 35.5. The fourth-order valence-corrected chi connectivity index (χ4v) is 7.89. The Morgan fingerprint density at radius 1 is 1.08 bits per heavy atom. The number of rotatable bonds is 7. The summed E-state index contributed by atoms with van der Waals surface area (Å²) in [6.45, 7) is 1.36. The molecule has 2 aromatic rings. The third-order valence-corrected chi connectivity index (χ3v) is 10.7. The van der Waals surface area contributed by atoms with Crippen molar-refractivity contribution in [1.82, 2.24) is 9.71 Å². The van der Waals surface area contributed by atoms with Gasteiger partial charge in [0.05, 0.1) is 12.2 Å². The van der Waals surface area contributed by atoms with Crippen LogP contribution in [0.25, 0.3) is 0 Å². The fourth-order valence-electron chi connectivity index (χ4n) is 6.72. The van der Waals surface area contributed by atoms with Crippen molar-refractivity contribution >= 4 is 33.3 Å². The van der Waals surface area contributed by atoms with Crippen molar-refractivity contribution < 1.29 is 22.7 Å². The maximum absolute atomic E-state index is 13.3. The van der Waals surface area contributed by atoms with Crippen molar-refractivity contribution in [2.45, 2.75) is 86.5 Å². The molecule has 2 bridgehead atoms. The van der Waals surface area contributed by atoms with Crippen LogP contribution in [0.15, 0.2) is 41.4 Å². The quantitative estimate of drug-likeness (QED) is 0.532. The van der Waals surface area contributed by atoms with Gasteiger partial charge in [0.25, 0.3) is 15.9 Å². The number of amides is 1. The molecule has 8 nitrogen and oxygen atoms in total. The normalized spacial score (nSPS) is 26.9. The number of morpholine rings is 1. The summed E-state index contributed by atoms with van der Waals surface area (Å²) in [7, 11) is -4.18. The Hall–Kier alpha value is -2.36. The number of sulfonamides is 1. The van der Waals surface area contributed by atoms with E-state index in [4.69, 9.17) is 21.1 Å². The number of hydrogen-bond acceptors (Lipinski definition) is 7. The van der Waals surface area contributed by atoms with Crippen LogP contribution >= 0.6 is 11.6 Å². The summed E-state index contributed by atoms with van der Waals surface area (Å²) in [5.41, 5.74) is 0.334. The van der Waals surface area contributed by atoms with Gasteiger partial charge in [-0.2, -0.15) is 8.42 Å². The number of halogens is 1. The van der Waals surface area contributed by atoms with E-state index in [1.807, 2.05) is 12.1 Å². The van der Waals surface area contributed by atoms with Crippen molar-refractivity contribution in [2.24, 2.45) is 5.41 Å². The van der Waals surface area contributed by atoms with Crippen molar-refractivity contribution in [2.75, 3.05) is 18.0 Å². The van der Waals surface area contributed by atoms with Gasteiger partial charge in [0.2, 0.25) is 0 Å². The molecule has 10 heteroatoms. The summed E-state index contributed by atoms with van der Waals surface area (Å²) in [6, 6.07) is 10.5. The molecule has 1 spiro atoms. The number of aromatic nitrogens is 1. The van der Waals surface area contributed by atoms with Crippen LogP contribution in [0.3, 0.4) is 0 Å². The molecule has 2 aliphatic heterocycles. The van der Waals surface area contributed by atoms with Gasteiger partial charge >= 0.3 is 0 Å². The predicted octanol–water partition coefficient (Wildman–Crippen LogP) is 4.57. The molecule has 3 saturated carbocycles. The number of fused-ring (bicyclic) bond motifs is 2. The minimum Gasteiger partial charge on any atom is -0.477 e. The highest BCUT2D eigenvalue weighted by Gasteiger charge is 2.55. The summed E-state index contributed by atoms with van der Waals surface area (Å²) in [5.74, 6) is 0.881. The van der Waals surface area contributed by atoms with Crippen LogP contribution in [0.5, 0.6) is 5.75 Å². The molecule has 1 N–H and O–H groups in total. The third-order valence-electron chi connectivity index (χ3n) is 9.19. The minimum atomic E-state index is -4.18. The zero-order valence-electron chi connectivity index (χ0n) is 21.2. The van der Waals surface area contributed by atoms with Gasteiger partial charge in [-0.1, -0.05) is 30.2 Å². The van der Waals surface area contributed by atoms with Crippen molar-refractivity contribution in [1.29, 1.82) is 0 Å². The summed E-state index contributed by atoms with van der Waals surface area (Å²) < 4.78 is 40.9. The molecule has 2 saturated heterocycles. The fraction of sp³-hybridized carbons (Fsp3) is 0.571. The molecule has 38 heavy (non-hydrogen) atoms. The Morgan fingerprint density at radius 2 is 1.82 bits per heavy atom. The van der Waals surface area contributed by atoms with Crippen LogP contribution in [-0.4, -0.2) is 50.2 Å². The second kappa shape index (κ2) is 8.83. The average Bonchev–Trinajstić information content (AvgIpc) is 3.55. The molecule has 3 heterocycles. The van der Waals surface area contributed by atoms with Gasteiger partial charge in [0, 0.05) is 31.0 Å². The van der Waals surface area contributed by atoms with Gasteiger partial charge in [-0.3, -0.25) is 4.79 Å². The molecule has 3 aliphatic carbocycles. The lowest BCUT2D eigenvalue weighted by molar-refractivity contribution is -0.128. The zero-order valence-corrected chi connectivity index (χ0v) is 22.8. The second-order valence-corrected chi connectivity index (χ2v) is 13.9. The van der Waals surface area contributed by atoms with Crippen molar-refractivity contribution in [3.05, 3.63) is 47.0 Å². The molecule has 1 aromatic carbocycles. The van der Waals surface area contributed by atoms with Crippen LogP contribution < -0.4 is 14.4 Å². The molecule has 5 aliphatic rings. The monoisotopic (exact) mass is 557 g/mol. The highest BCUT2D eigenvalue weighted by Crippen LogP contribution is 2.63. The first-order valence-electron chi connectivity index (χ1n) is 13.7. The number of benzene rings is 1. The van der Waals surface area contributed by atoms with Crippen LogP contribution in [0.2, 0.25) is 5.02 Å². The predicted molar refractivity (Wildman–Crippen MR) is 142 cm³/mol. The summed E-state index contributed by atoms with van der Waals surface area (Å²) in [5, 5.41) is 0.351. The molecule has 202 valence electrons. The number of hydrogen-bond donors (Lipinski definition) is 1. The number of carbonyl (C=O) groups excluding carboxylic acids is 1. The Kier molecular flexibility index (Phi) is 5.73. The number of nitrogens with one attached hydrogen (secondary N) is 1. The Labute approximate surface area is 228 Å². The van der Waals surface area contributed by atoms with E-state index in [0.29, 0.717) is 53.9 Å². The molecule has 1 amide bonds. The van der Waals surface area contributed by atoms with Gasteiger partial charge in [-0.05, 0) is 79.7 Å². The van der Waals surface area contributed by atoms with Gasteiger partial charge in [0.1, 0.15) is 11.6 Å². The largest absolute Gasteiger partial charge is 0.477 e. The number of nitrogens with zero attached hydrogens (tertiary/aromatic N) is 2.